The van der Waals surface area contributed by atoms with Gasteiger partial charge in [-0.3, -0.25) is 4.79 Å². The number of para-hydroxylation sites is 1. The summed E-state index contributed by atoms with van der Waals surface area (Å²) < 4.78 is 6.03. The van der Waals surface area contributed by atoms with Crippen LogP contribution in [0.4, 0.5) is 5.69 Å². The average Bonchev–Trinajstić information content (AvgIpc) is 2.94. The van der Waals surface area contributed by atoms with Crippen molar-refractivity contribution in [2.45, 2.75) is 58.2 Å². The largest absolute Gasteiger partial charge is 0.381 e. The van der Waals surface area contributed by atoms with Crippen LogP contribution in [0.15, 0.2) is 24.3 Å². The summed E-state index contributed by atoms with van der Waals surface area (Å²) in [4.78, 5) is 13.7. The summed E-state index contributed by atoms with van der Waals surface area (Å²) >= 11 is 0. The number of amides is 1. The highest BCUT2D eigenvalue weighted by Crippen LogP contribution is 2.63. The van der Waals surface area contributed by atoms with Crippen molar-refractivity contribution >= 4 is 11.6 Å². The zero-order valence-corrected chi connectivity index (χ0v) is 14.8. The summed E-state index contributed by atoms with van der Waals surface area (Å²) in [5, 5.41) is 3.86. The highest BCUT2D eigenvalue weighted by molar-refractivity contribution is 5.73. The second-order valence-corrected chi connectivity index (χ2v) is 7.64. The van der Waals surface area contributed by atoms with Crippen molar-refractivity contribution in [1.82, 2.24) is 4.90 Å². The van der Waals surface area contributed by atoms with Crippen LogP contribution in [0.3, 0.4) is 0 Å². The Balaban J connectivity index is 1.54. The third-order valence-corrected chi connectivity index (χ3v) is 6.55. The lowest BCUT2D eigenvalue weighted by molar-refractivity contribution is -0.158. The minimum Gasteiger partial charge on any atom is -0.381 e. The minimum atomic E-state index is 0.135. The molecule has 130 valence electrons. The fourth-order valence-electron chi connectivity index (χ4n) is 5.07. The fraction of sp³-hybridized carbons (Fsp3) is 0.650. The van der Waals surface area contributed by atoms with Crippen molar-refractivity contribution in [1.29, 1.82) is 0 Å². The van der Waals surface area contributed by atoms with Crippen molar-refractivity contribution in [2.24, 2.45) is 11.3 Å². The van der Waals surface area contributed by atoms with Crippen LogP contribution in [-0.4, -0.2) is 36.1 Å². The number of rotatable bonds is 5. The molecular formula is C20H28N2O2. The normalized spacial score (nSPS) is 29.5. The third kappa shape index (κ3) is 2.34. The number of ether oxygens (including phenoxy) is 1. The van der Waals surface area contributed by atoms with Gasteiger partial charge < -0.3 is 15.0 Å². The van der Waals surface area contributed by atoms with Gasteiger partial charge in [0.05, 0.1) is 6.10 Å². The molecule has 4 rings (SSSR count). The maximum atomic E-state index is 11.8. The molecule has 0 bridgehead atoms. The summed E-state index contributed by atoms with van der Waals surface area (Å²) in [5.41, 5.74) is 2.78. The Labute approximate surface area is 144 Å². The van der Waals surface area contributed by atoms with Crippen LogP contribution in [0.2, 0.25) is 0 Å². The van der Waals surface area contributed by atoms with Gasteiger partial charge in [-0.15, -0.1) is 0 Å². The van der Waals surface area contributed by atoms with Crippen molar-refractivity contribution in [2.75, 3.05) is 18.5 Å². The number of nitrogens with zero attached hydrogens (tertiary/aromatic N) is 1. The van der Waals surface area contributed by atoms with Gasteiger partial charge in [-0.05, 0) is 37.8 Å². The first-order chi connectivity index (χ1) is 11.7. The lowest BCUT2D eigenvalue weighted by Crippen LogP contribution is -2.68. The molecule has 1 spiro atoms. The summed E-state index contributed by atoms with van der Waals surface area (Å²) in [6, 6.07) is 8.99. The van der Waals surface area contributed by atoms with E-state index in [-0.39, 0.29) is 5.91 Å². The number of carbonyl (C=O) groups is 1. The van der Waals surface area contributed by atoms with Gasteiger partial charge in [0.1, 0.15) is 0 Å². The van der Waals surface area contributed by atoms with Gasteiger partial charge in [-0.2, -0.15) is 0 Å². The van der Waals surface area contributed by atoms with E-state index in [9.17, 15) is 4.79 Å². The quantitative estimate of drug-likeness (QED) is 0.900. The second kappa shape index (κ2) is 6.07. The van der Waals surface area contributed by atoms with Crippen molar-refractivity contribution < 1.29 is 9.53 Å². The Kier molecular flexibility index (Phi) is 4.03. The van der Waals surface area contributed by atoms with Gasteiger partial charge >= 0.3 is 0 Å². The SMILES string of the molecule is CCN(Cc1ccccc1N[C@@H]1[C@@H]2CCO[C@H]2C12CCC2)C(C)=O. The molecular weight excluding hydrogens is 300 g/mol. The Morgan fingerprint density at radius 3 is 2.83 bits per heavy atom. The lowest BCUT2D eigenvalue weighted by Gasteiger charge is -2.63. The molecule has 0 radical (unpaired) electrons. The maximum Gasteiger partial charge on any atom is 0.219 e. The van der Waals surface area contributed by atoms with E-state index in [1.165, 1.54) is 36.9 Å². The zero-order valence-electron chi connectivity index (χ0n) is 14.8. The Morgan fingerprint density at radius 2 is 2.17 bits per heavy atom. The summed E-state index contributed by atoms with van der Waals surface area (Å²) in [5.74, 6) is 0.795. The molecule has 4 nitrogen and oxygen atoms in total. The van der Waals surface area contributed by atoms with Gasteiger partial charge in [-0.1, -0.05) is 24.6 Å². The molecule has 0 unspecified atom stereocenters. The van der Waals surface area contributed by atoms with Crippen molar-refractivity contribution in [3.63, 3.8) is 0 Å². The smallest absolute Gasteiger partial charge is 0.219 e. The van der Waals surface area contributed by atoms with Crippen LogP contribution in [-0.2, 0) is 16.1 Å². The highest BCUT2D eigenvalue weighted by atomic mass is 16.5. The molecule has 1 N–H and O–H groups in total. The average molecular weight is 328 g/mol. The highest BCUT2D eigenvalue weighted by Gasteiger charge is 2.66. The predicted molar refractivity (Wildman–Crippen MR) is 94.7 cm³/mol. The molecule has 2 aliphatic carbocycles. The molecule has 1 aliphatic heterocycles. The van der Waals surface area contributed by atoms with E-state index < -0.39 is 0 Å². The van der Waals surface area contributed by atoms with Crippen molar-refractivity contribution in [3.8, 4) is 0 Å². The van der Waals surface area contributed by atoms with Crippen LogP contribution < -0.4 is 5.32 Å². The summed E-state index contributed by atoms with van der Waals surface area (Å²) in [6.07, 6.45) is 5.59. The predicted octanol–water partition coefficient (Wildman–Crippen LogP) is 3.42. The van der Waals surface area contributed by atoms with Gasteiger partial charge in [0.2, 0.25) is 5.91 Å². The van der Waals surface area contributed by atoms with Crippen LogP contribution in [0.25, 0.3) is 0 Å². The molecule has 4 heteroatoms. The molecule has 1 aromatic rings. The molecule has 1 amide bonds. The topological polar surface area (TPSA) is 41.6 Å². The first kappa shape index (κ1) is 15.9. The Bertz CT molecular complexity index is 626. The first-order valence-corrected chi connectivity index (χ1v) is 9.37. The van der Waals surface area contributed by atoms with E-state index in [1.54, 1.807) is 6.92 Å². The standard InChI is InChI=1S/C20H28N2O2/c1-3-22(14(2)23)13-15-7-4-5-8-17(15)21-18-16-9-12-24-19(16)20(18)10-6-11-20/h4-5,7-8,16,18-19,21H,3,6,9-13H2,1-2H3/t16-,18+,19+/m0/s1. The van der Waals surface area contributed by atoms with E-state index in [0.717, 1.165) is 13.2 Å². The molecule has 3 fully saturated rings. The second-order valence-electron chi connectivity index (χ2n) is 7.64. The van der Waals surface area contributed by atoms with Crippen LogP contribution in [0.1, 0.15) is 45.1 Å². The Hall–Kier alpha value is -1.55. The molecule has 0 aromatic heterocycles. The van der Waals surface area contributed by atoms with Crippen LogP contribution in [0, 0.1) is 11.3 Å². The number of fused-ring (bicyclic) bond motifs is 2. The van der Waals surface area contributed by atoms with Gasteiger partial charge in [0.25, 0.3) is 0 Å². The molecule has 1 saturated heterocycles. The van der Waals surface area contributed by atoms with E-state index >= 15 is 0 Å². The van der Waals surface area contributed by atoms with E-state index in [4.69, 9.17) is 4.74 Å². The van der Waals surface area contributed by atoms with Gasteiger partial charge in [-0.25, -0.2) is 0 Å². The first-order valence-electron chi connectivity index (χ1n) is 9.37. The van der Waals surface area contributed by atoms with E-state index in [2.05, 4.69) is 29.6 Å². The zero-order chi connectivity index (χ0) is 16.7. The number of benzene rings is 1. The van der Waals surface area contributed by atoms with Gasteiger partial charge in [0, 0.05) is 49.7 Å². The molecule has 1 aromatic carbocycles. The minimum absolute atomic E-state index is 0.135. The number of hydrogen-bond donors (Lipinski definition) is 1. The van der Waals surface area contributed by atoms with E-state index in [0.29, 0.717) is 30.0 Å². The lowest BCUT2D eigenvalue weighted by atomic mass is 9.46. The third-order valence-electron chi connectivity index (χ3n) is 6.55. The van der Waals surface area contributed by atoms with E-state index in [1.807, 2.05) is 11.8 Å². The molecule has 1 heterocycles. The number of carbonyl (C=O) groups excluding carboxylic acids is 1. The van der Waals surface area contributed by atoms with Crippen molar-refractivity contribution in [3.05, 3.63) is 29.8 Å². The number of hydrogen-bond acceptors (Lipinski definition) is 3. The van der Waals surface area contributed by atoms with Crippen LogP contribution in [0.5, 0.6) is 0 Å². The molecule has 2 saturated carbocycles. The summed E-state index contributed by atoms with van der Waals surface area (Å²) in [6.45, 7) is 6.03. The fourth-order valence-corrected chi connectivity index (χ4v) is 5.07. The monoisotopic (exact) mass is 328 g/mol. The Morgan fingerprint density at radius 1 is 1.38 bits per heavy atom. The maximum absolute atomic E-state index is 11.8. The molecule has 3 aliphatic rings. The van der Waals surface area contributed by atoms with Gasteiger partial charge in [0.15, 0.2) is 0 Å². The molecule has 3 atom stereocenters. The number of nitrogens with one attached hydrogen (secondary N) is 1. The van der Waals surface area contributed by atoms with Crippen LogP contribution >= 0.6 is 0 Å². The molecule has 24 heavy (non-hydrogen) atoms. The number of anilines is 1. The summed E-state index contributed by atoms with van der Waals surface area (Å²) in [7, 11) is 0.